The Labute approximate surface area is 165 Å². The van der Waals surface area contributed by atoms with E-state index in [2.05, 4.69) is 45.1 Å². The van der Waals surface area contributed by atoms with Gasteiger partial charge in [-0.15, -0.1) is 11.3 Å². The summed E-state index contributed by atoms with van der Waals surface area (Å²) in [5.41, 5.74) is 4.20. The number of benzene rings is 1. The molecule has 142 valence electrons. The number of hydrogen-bond acceptors (Lipinski definition) is 4. The second-order valence-electron chi connectivity index (χ2n) is 7.68. The Hall–Kier alpha value is -2.32. The molecule has 0 fully saturated rings. The van der Waals surface area contributed by atoms with Gasteiger partial charge in [0.25, 0.3) is 5.91 Å². The lowest BCUT2D eigenvalue weighted by Crippen LogP contribution is -2.20. The molecule has 0 unspecified atom stereocenters. The number of nitrogens with one attached hydrogen (secondary N) is 1. The largest absolute Gasteiger partial charge is 0.484 e. The molecule has 27 heavy (non-hydrogen) atoms. The van der Waals surface area contributed by atoms with E-state index in [1.165, 1.54) is 21.8 Å². The molecule has 0 saturated carbocycles. The molecule has 0 saturated heterocycles. The van der Waals surface area contributed by atoms with Crippen molar-refractivity contribution in [2.75, 3.05) is 11.9 Å². The molecule has 1 atom stereocenters. The van der Waals surface area contributed by atoms with Gasteiger partial charge < -0.3 is 10.1 Å². The Kier molecular flexibility index (Phi) is 5.86. The maximum atomic E-state index is 12.4. The van der Waals surface area contributed by atoms with Crippen molar-refractivity contribution in [3.63, 3.8) is 0 Å². The van der Waals surface area contributed by atoms with Crippen molar-refractivity contribution < 1.29 is 9.53 Å². The van der Waals surface area contributed by atoms with Gasteiger partial charge in [0.05, 0.1) is 5.56 Å². The smallest absolute Gasteiger partial charge is 0.262 e. The van der Waals surface area contributed by atoms with E-state index in [4.69, 9.17) is 4.74 Å². The summed E-state index contributed by atoms with van der Waals surface area (Å²) in [5, 5.41) is 13.1. The van der Waals surface area contributed by atoms with Crippen LogP contribution in [0.15, 0.2) is 18.2 Å². The van der Waals surface area contributed by atoms with E-state index in [1.807, 2.05) is 12.1 Å². The fourth-order valence-corrected chi connectivity index (χ4v) is 5.03. The van der Waals surface area contributed by atoms with Crippen molar-refractivity contribution in [2.24, 2.45) is 5.92 Å². The van der Waals surface area contributed by atoms with Crippen molar-refractivity contribution in [1.82, 2.24) is 0 Å². The third-order valence-corrected chi connectivity index (χ3v) is 6.28. The molecule has 0 bridgehead atoms. The zero-order valence-corrected chi connectivity index (χ0v) is 17.2. The molecule has 0 radical (unpaired) electrons. The molecule has 1 amide bonds. The van der Waals surface area contributed by atoms with Crippen molar-refractivity contribution >= 4 is 22.2 Å². The minimum absolute atomic E-state index is 0.0652. The topological polar surface area (TPSA) is 62.1 Å². The first kappa shape index (κ1) is 19.4. The summed E-state index contributed by atoms with van der Waals surface area (Å²) < 4.78 is 5.66. The van der Waals surface area contributed by atoms with Gasteiger partial charge >= 0.3 is 0 Å². The molecule has 4 nitrogen and oxygen atoms in total. The molecule has 1 N–H and O–H groups in total. The summed E-state index contributed by atoms with van der Waals surface area (Å²) in [6.07, 6.45) is 3.01. The predicted molar refractivity (Wildman–Crippen MR) is 110 cm³/mol. The zero-order valence-electron chi connectivity index (χ0n) is 16.4. The number of ether oxygens (including phenoxy) is 1. The quantitative estimate of drug-likeness (QED) is 0.774. The number of carbonyl (C=O) groups is 1. The van der Waals surface area contributed by atoms with Crippen molar-refractivity contribution in [3.8, 4) is 11.8 Å². The maximum absolute atomic E-state index is 12.4. The Morgan fingerprint density at radius 3 is 2.89 bits per heavy atom. The first-order valence-corrected chi connectivity index (χ1v) is 10.3. The Bertz CT molecular complexity index is 892. The molecule has 1 aliphatic carbocycles. The van der Waals surface area contributed by atoms with Crippen molar-refractivity contribution in [3.05, 3.63) is 45.3 Å². The number of aryl methyl sites for hydroxylation is 1. The van der Waals surface area contributed by atoms with E-state index >= 15 is 0 Å². The number of nitrogens with zero attached hydrogens (tertiary/aromatic N) is 1. The molecule has 1 aromatic carbocycles. The van der Waals surface area contributed by atoms with Crippen LogP contribution in [-0.2, 0) is 17.6 Å². The highest BCUT2D eigenvalue weighted by atomic mass is 32.1. The molecule has 0 spiro atoms. The van der Waals surface area contributed by atoms with Crippen LogP contribution in [0.25, 0.3) is 0 Å². The van der Waals surface area contributed by atoms with E-state index in [0.717, 1.165) is 30.4 Å². The lowest BCUT2D eigenvalue weighted by Gasteiger charge is -2.17. The second kappa shape index (κ2) is 8.14. The lowest BCUT2D eigenvalue weighted by atomic mass is 9.89. The van der Waals surface area contributed by atoms with Gasteiger partial charge in [-0.2, -0.15) is 5.26 Å². The van der Waals surface area contributed by atoms with Gasteiger partial charge in [-0.25, -0.2) is 0 Å². The number of anilines is 1. The third-order valence-electron chi connectivity index (χ3n) is 5.11. The van der Waals surface area contributed by atoms with Gasteiger partial charge in [-0.1, -0.05) is 26.8 Å². The summed E-state index contributed by atoms with van der Waals surface area (Å²) in [4.78, 5) is 13.6. The summed E-state index contributed by atoms with van der Waals surface area (Å²) in [5.74, 6) is 1.54. The molecule has 1 aliphatic rings. The van der Waals surface area contributed by atoms with Crippen LogP contribution >= 0.6 is 11.3 Å². The van der Waals surface area contributed by atoms with Crippen LogP contribution in [0.5, 0.6) is 5.75 Å². The monoisotopic (exact) mass is 382 g/mol. The number of thiophene rings is 1. The highest BCUT2D eigenvalue weighted by Crippen LogP contribution is 2.39. The van der Waals surface area contributed by atoms with Gasteiger partial charge in [-0.3, -0.25) is 4.79 Å². The fraction of sp³-hybridized carbons (Fsp3) is 0.455. The predicted octanol–water partition coefficient (Wildman–Crippen LogP) is 5.19. The number of amides is 1. The van der Waals surface area contributed by atoms with Gasteiger partial charge in [0.1, 0.15) is 16.8 Å². The maximum Gasteiger partial charge on any atom is 0.262 e. The minimum atomic E-state index is -0.233. The van der Waals surface area contributed by atoms with E-state index < -0.39 is 0 Å². The lowest BCUT2D eigenvalue weighted by molar-refractivity contribution is -0.118. The molecular formula is C22H26N2O2S. The van der Waals surface area contributed by atoms with Crippen LogP contribution in [0, 0.1) is 24.2 Å². The first-order valence-electron chi connectivity index (χ1n) is 9.46. The number of hydrogen-bond donors (Lipinski definition) is 1. The number of fused-ring (bicyclic) bond motifs is 1. The van der Waals surface area contributed by atoms with Crippen LogP contribution in [0.2, 0.25) is 0 Å². The van der Waals surface area contributed by atoms with E-state index in [1.54, 1.807) is 0 Å². The summed E-state index contributed by atoms with van der Waals surface area (Å²) >= 11 is 1.54. The highest BCUT2D eigenvalue weighted by Gasteiger charge is 2.24. The molecule has 0 aliphatic heterocycles. The standard InChI is InChI=1S/C22H26N2O2S/c1-13(2)17-8-6-16(10-15(17)4)26-12-21(25)24-22-19(11-23)18-7-5-14(3)9-20(18)27-22/h6,8,10,13-14H,5,7,9,12H2,1-4H3,(H,24,25)/t14-/m1/s1. The Balaban J connectivity index is 1.65. The van der Waals surface area contributed by atoms with E-state index in [0.29, 0.717) is 28.1 Å². The van der Waals surface area contributed by atoms with Crippen LogP contribution in [0.4, 0.5) is 5.00 Å². The SMILES string of the molecule is Cc1cc(OCC(=O)Nc2sc3c(c2C#N)CC[C@@H](C)C3)ccc1C(C)C. The van der Waals surface area contributed by atoms with Crippen LogP contribution in [-0.4, -0.2) is 12.5 Å². The van der Waals surface area contributed by atoms with E-state index in [9.17, 15) is 10.1 Å². The first-order chi connectivity index (χ1) is 12.9. The fourth-order valence-electron chi connectivity index (χ4n) is 3.65. The van der Waals surface area contributed by atoms with Gasteiger partial charge in [0.2, 0.25) is 0 Å². The van der Waals surface area contributed by atoms with Crippen LogP contribution < -0.4 is 10.1 Å². The van der Waals surface area contributed by atoms with E-state index in [-0.39, 0.29) is 12.5 Å². The van der Waals surface area contributed by atoms with Crippen LogP contribution in [0.3, 0.4) is 0 Å². The summed E-state index contributed by atoms with van der Waals surface area (Å²) in [6, 6.07) is 8.20. The highest BCUT2D eigenvalue weighted by molar-refractivity contribution is 7.16. The average molecular weight is 383 g/mol. The number of nitriles is 1. The molecule has 3 rings (SSSR count). The van der Waals surface area contributed by atoms with Crippen molar-refractivity contribution in [1.29, 1.82) is 5.26 Å². The molecule has 5 heteroatoms. The average Bonchev–Trinajstić information content (AvgIpc) is 2.95. The second-order valence-corrected chi connectivity index (χ2v) is 8.78. The molecule has 1 aromatic heterocycles. The number of carbonyl (C=O) groups excluding carboxylic acids is 1. The Morgan fingerprint density at radius 2 is 2.22 bits per heavy atom. The molecule has 1 heterocycles. The zero-order chi connectivity index (χ0) is 19.6. The van der Waals surface area contributed by atoms with Gasteiger partial charge in [0.15, 0.2) is 6.61 Å². The minimum Gasteiger partial charge on any atom is -0.484 e. The normalized spacial score (nSPS) is 15.9. The van der Waals surface area contributed by atoms with Gasteiger partial charge in [0, 0.05) is 4.88 Å². The Morgan fingerprint density at radius 1 is 1.44 bits per heavy atom. The van der Waals surface area contributed by atoms with Gasteiger partial charge in [-0.05, 0) is 66.8 Å². The molecule has 2 aromatic rings. The number of rotatable bonds is 5. The summed E-state index contributed by atoms with van der Waals surface area (Å²) in [6.45, 7) is 8.53. The van der Waals surface area contributed by atoms with Crippen LogP contribution in [0.1, 0.15) is 60.2 Å². The molecular weight excluding hydrogens is 356 g/mol. The third kappa shape index (κ3) is 4.33. The van der Waals surface area contributed by atoms with Crippen molar-refractivity contribution in [2.45, 2.75) is 52.9 Å². The summed E-state index contributed by atoms with van der Waals surface area (Å²) in [7, 11) is 0.